The Bertz CT molecular complexity index is 359. The van der Waals surface area contributed by atoms with Crippen molar-refractivity contribution in [2.24, 2.45) is 5.92 Å². The van der Waals surface area contributed by atoms with Gasteiger partial charge in [-0.2, -0.15) is 0 Å². The average molecular weight is 282 g/mol. The summed E-state index contributed by atoms with van der Waals surface area (Å²) in [5.41, 5.74) is 0. The molecule has 0 radical (unpaired) electrons. The van der Waals surface area contributed by atoms with Gasteiger partial charge in [0.1, 0.15) is 6.04 Å². The smallest absolute Gasteiger partial charge is 0.323 e. The molecule has 2 fully saturated rings. The maximum atomic E-state index is 12.2. The van der Waals surface area contributed by atoms with E-state index < -0.39 is 0 Å². The Balaban J connectivity index is 1.83. The first-order valence-corrected chi connectivity index (χ1v) is 7.73. The molecule has 5 heteroatoms. The lowest BCUT2D eigenvalue weighted by molar-refractivity contribution is -0.146. The topological polar surface area (TPSA) is 58.6 Å². The van der Waals surface area contributed by atoms with E-state index >= 15 is 0 Å². The number of likely N-dealkylation sites (tertiary alicyclic amines) is 1. The fraction of sp³-hybridized carbons (Fsp3) is 0.867. The first-order chi connectivity index (χ1) is 9.61. The van der Waals surface area contributed by atoms with Gasteiger partial charge in [-0.25, -0.2) is 0 Å². The highest BCUT2D eigenvalue weighted by Gasteiger charge is 2.33. The van der Waals surface area contributed by atoms with Crippen LogP contribution >= 0.6 is 0 Å². The zero-order valence-corrected chi connectivity index (χ0v) is 12.6. The van der Waals surface area contributed by atoms with Crippen molar-refractivity contribution in [1.29, 1.82) is 0 Å². The molecular weight excluding hydrogens is 256 g/mol. The third kappa shape index (κ3) is 3.72. The van der Waals surface area contributed by atoms with Crippen LogP contribution in [0.15, 0.2) is 0 Å². The molecule has 1 aliphatic carbocycles. The van der Waals surface area contributed by atoms with E-state index in [0.717, 1.165) is 25.8 Å². The SMILES string of the molecule is COC(=O)C1CCCN1CC(=O)NC1CCCCC1C. The molecule has 1 saturated heterocycles. The fourth-order valence-corrected chi connectivity index (χ4v) is 3.39. The Kier molecular flexibility index (Phi) is 5.40. The van der Waals surface area contributed by atoms with E-state index in [1.807, 2.05) is 4.90 Å². The van der Waals surface area contributed by atoms with Crippen LogP contribution in [0.25, 0.3) is 0 Å². The number of esters is 1. The van der Waals surface area contributed by atoms with Crippen LogP contribution in [0.1, 0.15) is 45.4 Å². The number of nitrogens with zero attached hydrogens (tertiary/aromatic N) is 1. The number of amides is 1. The first kappa shape index (κ1) is 15.3. The molecule has 1 amide bonds. The molecule has 1 N–H and O–H groups in total. The maximum Gasteiger partial charge on any atom is 0.323 e. The van der Waals surface area contributed by atoms with E-state index in [0.29, 0.717) is 18.5 Å². The van der Waals surface area contributed by atoms with Crippen molar-refractivity contribution < 1.29 is 14.3 Å². The summed E-state index contributed by atoms with van der Waals surface area (Å²) in [7, 11) is 1.41. The normalized spacial score (nSPS) is 31.0. The van der Waals surface area contributed by atoms with E-state index in [2.05, 4.69) is 12.2 Å². The third-order valence-electron chi connectivity index (χ3n) is 4.64. The standard InChI is InChI=1S/C15H26N2O3/c1-11-6-3-4-7-12(11)16-14(18)10-17-9-5-8-13(17)15(19)20-2/h11-13H,3-10H2,1-2H3,(H,16,18). The molecule has 0 bridgehead atoms. The summed E-state index contributed by atoms with van der Waals surface area (Å²) in [6, 6.07) is 0.0601. The van der Waals surface area contributed by atoms with Crippen molar-refractivity contribution in [1.82, 2.24) is 10.2 Å². The molecule has 3 atom stereocenters. The summed E-state index contributed by atoms with van der Waals surface area (Å²) >= 11 is 0. The number of nitrogens with one attached hydrogen (secondary N) is 1. The van der Waals surface area contributed by atoms with Crippen LogP contribution in [0, 0.1) is 5.92 Å². The lowest BCUT2D eigenvalue weighted by Crippen LogP contribution is -2.48. The summed E-state index contributed by atoms with van der Waals surface area (Å²) < 4.78 is 4.80. The maximum absolute atomic E-state index is 12.2. The first-order valence-electron chi connectivity index (χ1n) is 7.73. The van der Waals surface area contributed by atoms with Gasteiger partial charge in [-0.05, 0) is 38.1 Å². The van der Waals surface area contributed by atoms with Crippen LogP contribution in [0.5, 0.6) is 0 Å². The predicted molar refractivity (Wildman–Crippen MR) is 76.2 cm³/mol. The molecule has 20 heavy (non-hydrogen) atoms. The van der Waals surface area contributed by atoms with Gasteiger partial charge < -0.3 is 10.1 Å². The number of rotatable bonds is 4. The number of hydrogen-bond acceptors (Lipinski definition) is 4. The molecule has 1 saturated carbocycles. The molecule has 114 valence electrons. The molecule has 2 aliphatic rings. The van der Waals surface area contributed by atoms with Gasteiger partial charge >= 0.3 is 5.97 Å². The molecule has 1 heterocycles. The monoisotopic (exact) mass is 282 g/mol. The van der Waals surface area contributed by atoms with Crippen LogP contribution in [-0.2, 0) is 14.3 Å². The van der Waals surface area contributed by atoms with Crippen LogP contribution in [0.4, 0.5) is 0 Å². The van der Waals surface area contributed by atoms with Crippen LogP contribution < -0.4 is 5.32 Å². The third-order valence-corrected chi connectivity index (χ3v) is 4.64. The highest BCUT2D eigenvalue weighted by Crippen LogP contribution is 2.24. The van der Waals surface area contributed by atoms with Crippen LogP contribution in [0.2, 0.25) is 0 Å². The Hall–Kier alpha value is -1.10. The van der Waals surface area contributed by atoms with E-state index in [4.69, 9.17) is 4.74 Å². The summed E-state index contributed by atoms with van der Waals surface area (Å²) in [5.74, 6) is 0.378. The van der Waals surface area contributed by atoms with E-state index in [1.54, 1.807) is 0 Å². The molecule has 0 aromatic carbocycles. The number of hydrogen-bond donors (Lipinski definition) is 1. The quantitative estimate of drug-likeness (QED) is 0.790. The highest BCUT2D eigenvalue weighted by atomic mass is 16.5. The number of carbonyl (C=O) groups excluding carboxylic acids is 2. The average Bonchev–Trinajstić information content (AvgIpc) is 2.88. The molecule has 5 nitrogen and oxygen atoms in total. The minimum absolute atomic E-state index is 0.0413. The van der Waals surface area contributed by atoms with Crippen molar-refractivity contribution in [2.45, 2.75) is 57.5 Å². The Morgan fingerprint density at radius 2 is 1.95 bits per heavy atom. The molecule has 0 spiro atoms. The van der Waals surface area contributed by atoms with Gasteiger partial charge in [0.15, 0.2) is 0 Å². The second-order valence-corrected chi connectivity index (χ2v) is 6.09. The van der Waals surface area contributed by atoms with Gasteiger partial charge in [0, 0.05) is 6.04 Å². The van der Waals surface area contributed by atoms with Crippen molar-refractivity contribution in [3.8, 4) is 0 Å². The second kappa shape index (κ2) is 7.07. The lowest BCUT2D eigenvalue weighted by Gasteiger charge is -2.30. The molecule has 1 aliphatic heterocycles. The summed E-state index contributed by atoms with van der Waals surface area (Å²) in [4.78, 5) is 25.8. The summed E-state index contributed by atoms with van der Waals surface area (Å²) in [6.07, 6.45) is 6.48. The number of carbonyl (C=O) groups is 2. The molecule has 0 aromatic heterocycles. The highest BCUT2D eigenvalue weighted by molar-refractivity contribution is 5.81. The van der Waals surface area contributed by atoms with Crippen LogP contribution in [-0.4, -0.2) is 49.1 Å². The zero-order valence-electron chi connectivity index (χ0n) is 12.6. The number of methoxy groups -OCH3 is 1. The molecular formula is C15H26N2O3. The van der Waals surface area contributed by atoms with Gasteiger partial charge in [-0.3, -0.25) is 14.5 Å². The van der Waals surface area contributed by atoms with Gasteiger partial charge in [0.25, 0.3) is 0 Å². The van der Waals surface area contributed by atoms with Gasteiger partial charge in [0.05, 0.1) is 13.7 Å². The minimum Gasteiger partial charge on any atom is -0.468 e. The van der Waals surface area contributed by atoms with Gasteiger partial charge in [0.2, 0.25) is 5.91 Å². The van der Waals surface area contributed by atoms with E-state index in [1.165, 1.54) is 26.4 Å². The fourth-order valence-electron chi connectivity index (χ4n) is 3.39. The molecule has 3 unspecified atom stereocenters. The van der Waals surface area contributed by atoms with Gasteiger partial charge in [-0.1, -0.05) is 19.8 Å². The minimum atomic E-state index is -0.241. The Labute approximate surface area is 121 Å². The molecule has 2 rings (SSSR count). The molecule has 0 aromatic rings. The summed E-state index contributed by atoms with van der Waals surface area (Å²) in [6.45, 7) is 3.31. The second-order valence-electron chi connectivity index (χ2n) is 6.09. The van der Waals surface area contributed by atoms with E-state index in [9.17, 15) is 9.59 Å². The largest absolute Gasteiger partial charge is 0.468 e. The number of ether oxygens (including phenoxy) is 1. The Morgan fingerprint density at radius 1 is 1.20 bits per heavy atom. The Morgan fingerprint density at radius 3 is 2.65 bits per heavy atom. The summed E-state index contributed by atoms with van der Waals surface area (Å²) in [5, 5.41) is 3.14. The van der Waals surface area contributed by atoms with Crippen LogP contribution in [0.3, 0.4) is 0 Å². The van der Waals surface area contributed by atoms with E-state index in [-0.39, 0.29) is 17.9 Å². The van der Waals surface area contributed by atoms with Crippen molar-refractivity contribution in [3.63, 3.8) is 0 Å². The van der Waals surface area contributed by atoms with Crippen molar-refractivity contribution >= 4 is 11.9 Å². The van der Waals surface area contributed by atoms with Gasteiger partial charge in [-0.15, -0.1) is 0 Å². The van der Waals surface area contributed by atoms with Crippen molar-refractivity contribution in [2.75, 3.05) is 20.2 Å². The van der Waals surface area contributed by atoms with Crippen molar-refractivity contribution in [3.05, 3.63) is 0 Å². The lowest BCUT2D eigenvalue weighted by atomic mass is 9.86. The zero-order chi connectivity index (χ0) is 14.5. The predicted octanol–water partition coefficient (Wildman–Crippen LogP) is 1.32.